The zero-order valence-corrected chi connectivity index (χ0v) is 13.4. The fourth-order valence-electron chi connectivity index (χ4n) is 3.55. The van der Waals surface area contributed by atoms with Gasteiger partial charge in [-0.15, -0.1) is 0 Å². The van der Waals surface area contributed by atoms with Crippen molar-refractivity contribution < 1.29 is 0 Å². The fraction of sp³-hybridized carbons (Fsp3) is 0.182. The minimum absolute atomic E-state index is 1.09. The Morgan fingerprint density at radius 1 is 0.955 bits per heavy atom. The Kier molecular flexibility index (Phi) is 3.85. The zero-order valence-electron chi connectivity index (χ0n) is 13.4. The largest absolute Gasteiger partial charge is 0.0984 e. The van der Waals surface area contributed by atoms with E-state index in [9.17, 15) is 0 Å². The van der Waals surface area contributed by atoms with Crippen LogP contribution in [0, 0.1) is 0 Å². The van der Waals surface area contributed by atoms with Crippen molar-refractivity contribution in [1.82, 2.24) is 0 Å². The molecule has 3 aromatic carbocycles. The molecule has 0 atom stereocenters. The number of hydrogen-bond acceptors (Lipinski definition) is 0. The predicted octanol–water partition coefficient (Wildman–Crippen LogP) is 4.80. The van der Waals surface area contributed by atoms with Crippen molar-refractivity contribution in [1.29, 1.82) is 0 Å². The molecule has 0 bridgehead atoms. The van der Waals surface area contributed by atoms with E-state index in [1.54, 1.807) is 0 Å². The first-order valence-electron chi connectivity index (χ1n) is 8.09. The Labute approximate surface area is 132 Å². The second kappa shape index (κ2) is 5.81. The van der Waals surface area contributed by atoms with Crippen molar-refractivity contribution in [2.45, 2.75) is 26.7 Å². The molecule has 0 heterocycles. The molecular formula is C22H22. The molecule has 0 N–H and O–H groups in total. The molecular weight excluding hydrogens is 264 g/mol. The molecule has 0 fully saturated rings. The summed E-state index contributed by atoms with van der Waals surface area (Å²) in [6.45, 7) is 12.3. The lowest BCUT2D eigenvalue weighted by atomic mass is 9.87. The predicted molar refractivity (Wildman–Crippen MR) is 100 cm³/mol. The average Bonchev–Trinajstić information content (AvgIpc) is 2.60. The van der Waals surface area contributed by atoms with Crippen LogP contribution in [0.1, 0.15) is 31.4 Å². The summed E-state index contributed by atoms with van der Waals surface area (Å²) in [5.74, 6) is 0. The second-order valence-corrected chi connectivity index (χ2v) is 5.44. The van der Waals surface area contributed by atoms with E-state index < -0.39 is 0 Å². The minimum atomic E-state index is 1.09. The number of rotatable bonds is 1. The van der Waals surface area contributed by atoms with Gasteiger partial charge in [0.25, 0.3) is 0 Å². The molecule has 0 nitrogen and oxygen atoms in total. The quantitative estimate of drug-likeness (QED) is 0.564. The molecule has 0 spiro atoms. The first-order valence-corrected chi connectivity index (χ1v) is 8.09. The molecule has 0 heteroatoms. The lowest BCUT2D eigenvalue weighted by Gasteiger charge is -2.16. The highest BCUT2D eigenvalue weighted by Gasteiger charge is 2.13. The average molecular weight is 286 g/mol. The summed E-state index contributed by atoms with van der Waals surface area (Å²) in [7, 11) is 0. The molecule has 0 unspecified atom stereocenters. The second-order valence-electron chi connectivity index (χ2n) is 5.44. The summed E-state index contributed by atoms with van der Waals surface area (Å²) < 4.78 is 0. The van der Waals surface area contributed by atoms with Crippen molar-refractivity contribution in [2.75, 3.05) is 0 Å². The Morgan fingerprint density at radius 3 is 2.36 bits per heavy atom. The van der Waals surface area contributed by atoms with E-state index in [1.807, 2.05) is 19.9 Å². The summed E-state index contributed by atoms with van der Waals surface area (Å²) in [6.07, 6.45) is 6.48. The van der Waals surface area contributed by atoms with Crippen LogP contribution in [0.3, 0.4) is 0 Å². The van der Waals surface area contributed by atoms with E-state index in [1.165, 1.54) is 43.1 Å². The summed E-state index contributed by atoms with van der Waals surface area (Å²) in [5, 5.41) is 7.85. The van der Waals surface area contributed by atoms with Crippen molar-refractivity contribution in [3.05, 3.63) is 64.5 Å². The standard InChI is InChI=1S/C20H16.C2H6/c1-3-14-7-4-11-17-18-12-6-9-15-8-5-10-16(20(15)18)13(2)19(14)17;1-2/h3-4,6-9,11-12H,1-2,5,10H2;1-2H3. The number of hydrogen-bond donors (Lipinski definition) is 0. The number of fused-ring (bicyclic) bond motifs is 2. The van der Waals surface area contributed by atoms with Crippen molar-refractivity contribution in [3.63, 3.8) is 0 Å². The molecule has 1 aliphatic rings. The third-order valence-corrected chi connectivity index (χ3v) is 4.43. The van der Waals surface area contributed by atoms with Gasteiger partial charge in [0.1, 0.15) is 0 Å². The van der Waals surface area contributed by atoms with E-state index in [4.69, 9.17) is 0 Å². The first-order chi connectivity index (χ1) is 10.8. The molecule has 110 valence electrons. The highest BCUT2D eigenvalue weighted by molar-refractivity contribution is 6.11. The fourth-order valence-corrected chi connectivity index (χ4v) is 3.55. The van der Waals surface area contributed by atoms with Crippen LogP contribution >= 0.6 is 0 Å². The van der Waals surface area contributed by atoms with Crippen molar-refractivity contribution in [3.8, 4) is 0 Å². The maximum absolute atomic E-state index is 4.39. The van der Waals surface area contributed by atoms with Gasteiger partial charge in [0.15, 0.2) is 0 Å². The van der Waals surface area contributed by atoms with Gasteiger partial charge in [-0.05, 0) is 56.0 Å². The molecule has 0 saturated carbocycles. The smallest absolute Gasteiger partial charge is 0.00358 e. The third-order valence-electron chi connectivity index (χ3n) is 4.43. The summed E-state index contributed by atoms with van der Waals surface area (Å²) in [4.78, 5) is 0. The summed E-state index contributed by atoms with van der Waals surface area (Å²) in [5.41, 5.74) is 2.60. The van der Waals surface area contributed by atoms with Crippen molar-refractivity contribution in [2.24, 2.45) is 0 Å². The van der Waals surface area contributed by atoms with E-state index in [-0.39, 0.29) is 0 Å². The Hall–Kier alpha value is -2.34. The van der Waals surface area contributed by atoms with E-state index in [0.29, 0.717) is 0 Å². The maximum atomic E-state index is 4.39. The Morgan fingerprint density at radius 2 is 1.64 bits per heavy atom. The highest BCUT2D eigenvalue weighted by atomic mass is 14.2. The van der Waals surface area contributed by atoms with Gasteiger partial charge in [-0.2, -0.15) is 0 Å². The molecule has 0 aliphatic heterocycles. The van der Waals surface area contributed by atoms with Gasteiger partial charge in [0, 0.05) is 0 Å². The minimum Gasteiger partial charge on any atom is -0.0984 e. The zero-order chi connectivity index (χ0) is 15.7. The van der Waals surface area contributed by atoms with Crippen LogP contribution in [-0.2, 0) is 6.42 Å². The van der Waals surface area contributed by atoms with Gasteiger partial charge in [-0.3, -0.25) is 0 Å². The number of aryl methyl sites for hydroxylation is 1. The van der Waals surface area contributed by atoms with E-state index >= 15 is 0 Å². The Bertz CT molecular complexity index is 969. The molecule has 1 aliphatic carbocycles. The van der Waals surface area contributed by atoms with Crippen LogP contribution in [0.4, 0.5) is 0 Å². The van der Waals surface area contributed by atoms with Crippen LogP contribution in [0.2, 0.25) is 0 Å². The van der Waals surface area contributed by atoms with Crippen molar-refractivity contribution >= 4 is 40.3 Å². The lowest BCUT2D eigenvalue weighted by molar-refractivity contribution is 1.03. The molecule has 3 aromatic rings. The number of benzene rings is 3. The van der Waals surface area contributed by atoms with Crippen LogP contribution in [0.15, 0.2) is 43.0 Å². The monoisotopic (exact) mass is 286 g/mol. The van der Waals surface area contributed by atoms with E-state index in [0.717, 1.165) is 12.8 Å². The van der Waals surface area contributed by atoms with Crippen LogP contribution in [0.25, 0.3) is 40.3 Å². The SMILES string of the molecule is C=Cc1cccc2c1c(=C)c1c3c(cccc32)=CCC1.CC. The molecule has 0 aromatic heterocycles. The third kappa shape index (κ3) is 1.99. The molecule has 0 radical (unpaired) electrons. The Balaban J connectivity index is 0.000000693. The van der Waals surface area contributed by atoms with Gasteiger partial charge >= 0.3 is 0 Å². The van der Waals surface area contributed by atoms with Gasteiger partial charge in [0.05, 0.1) is 0 Å². The summed E-state index contributed by atoms with van der Waals surface area (Å²) in [6, 6.07) is 13.0. The highest BCUT2D eigenvalue weighted by Crippen LogP contribution is 2.27. The van der Waals surface area contributed by atoms with Crippen LogP contribution < -0.4 is 10.4 Å². The van der Waals surface area contributed by atoms with Crippen LogP contribution in [0.5, 0.6) is 0 Å². The summed E-state index contributed by atoms with van der Waals surface area (Å²) >= 11 is 0. The van der Waals surface area contributed by atoms with Gasteiger partial charge < -0.3 is 0 Å². The van der Waals surface area contributed by atoms with E-state index in [2.05, 4.69) is 55.6 Å². The molecule has 0 amide bonds. The van der Waals surface area contributed by atoms with Gasteiger partial charge in [-0.1, -0.05) is 75.6 Å². The normalized spacial score (nSPS) is 12.5. The van der Waals surface area contributed by atoms with Gasteiger partial charge in [-0.25, -0.2) is 0 Å². The molecule has 22 heavy (non-hydrogen) atoms. The first kappa shape index (κ1) is 14.6. The molecule has 4 rings (SSSR count). The van der Waals surface area contributed by atoms with Crippen LogP contribution in [-0.4, -0.2) is 0 Å². The molecule has 0 saturated heterocycles. The van der Waals surface area contributed by atoms with Gasteiger partial charge in [0.2, 0.25) is 0 Å². The lowest BCUT2D eigenvalue weighted by Crippen LogP contribution is -2.19. The topological polar surface area (TPSA) is 0 Å². The maximum Gasteiger partial charge on any atom is -0.00358 e.